The highest BCUT2D eigenvalue weighted by Crippen LogP contribution is 2.14. The molecule has 216 valence electrons. The number of aryl methyl sites for hydroxylation is 2. The van der Waals surface area contributed by atoms with Gasteiger partial charge in [-0.3, -0.25) is 28.6 Å². The fourth-order valence-electron chi connectivity index (χ4n) is 4.12. The molecule has 13 heteroatoms. The largest absolute Gasteiger partial charge is 0.481 e. The van der Waals surface area contributed by atoms with E-state index in [0.29, 0.717) is 30.0 Å². The molecule has 2 aromatic rings. The average Bonchev–Trinajstić information content (AvgIpc) is 3.31. The number of amides is 1. The first-order valence-electron chi connectivity index (χ1n) is 13.5. The highest BCUT2D eigenvalue weighted by Gasteiger charge is 2.29. The molecule has 0 bridgehead atoms. The normalized spacial score (nSPS) is 12.8. The first kappa shape index (κ1) is 31.6. The van der Waals surface area contributed by atoms with Crippen molar-refractivity contribution in [3.63, 3.8) is 0 Å². The molecule has 1 amide bonds. The molecule has 39 heavy (non-hydrogen) atoms. The van der Waals surface area contributed by atoms with Crippen LogP contribution < -0.4 is 16.2 Å². The van der Waals surface area contributed by atoms with Crippen LogP contribution in [0, 0.1) is 6.92 Å². The molecule has 3 N–H and O–H groups in total. The van der Waals surface area contributed by atoms with Gasteiger partial charge >= 0.3 is 5.97 Å². The lowest BCUT2D eigenvalue weighted by molar-refractivity contribution is -0.140. The summed E-state index contributed by atoms with van der Waals surface area (Å²) >= 11 is 0. The first-order chi connectivity index (χ1) is 18.6. The van der Waals surface area contributed by atoms with Crippen LogP contribution in [0.5, 0.6) is 0 Å². The van der Waals surface area contributed by atoms with Crippen LogP contribution in [0.2, 0.25) is 0 Å². The number of unbranched alkanes of at least 4 members (excludes halogenated alkanes) is 3. The van der Waals surface area contributed by atoms with E-state index in [1.54, 1.807) is 20.9 Å². The summed E-state index contributed by atoms with van der Waals surface area (Å²) in [4.78, 5) is 57.3. The minimum Gasteiger partial charge on any atom is -0.481 e. The molecule has 0 saturated heterocycles. The SMILES string of the molecule is CCCCCCN(C)CC(=O)C(CC(=O)O)NC(=O)C(CC)n1cc(CC)nc(NCc2nonc2C)c1=O. The molecule has 0 saturated carbocycles. The molecule has 0 aromatic carbocycles. The minimum atomic E-state index is -1.22. The molecule has 2 aromatic heterocycles. The van der Waals surface area contributed by atoms with Crippen molar-refractivity contribution in [2.24, 2.45) is 0 Å². The Kier molecular flexibility index (Phi) is 12.7. The molecule has 0 aliphatic heterocycles. The quantitative estimate of drug-likeness (QED) is 0.233. The highest BCUT2D eigenvalue weighted by atomic mass is 16.6. The fraction of sp³-hybridized carbons (Fsp3) is 0.654. The molecule has 2 heterocycles. The number of Topliss-reactive ketones (excluding diaryl/α,β-unsaturated/α-hetero) is 1. The van der Waals surface area contributed by atoms with Gasteiger partial charge in [0.2, 0.25) is 5.91 Å². The van der Waals surface area contributed by atoms with Crippen molar-refractivity contribution in [3.05, 3.63) is 33.6 Å². The van der Waals surface area contributed by atoms with Crippen LogP contribution in [-0.2, 0) is 27.3 Å². The lowest BCUT2D eigenvalue weighted by Gasteiger charge is -2.24. The van der Waals surface area contributed by atoms with E-state index in [1.807, 2.05) is 11.8 Å². The second-order valence-corrected chi connectivity index (χ2v) is 9.64. The molecule has 2 unspecified atom stereocenters. The number of aromatic nitrogens is 4. The van der Waals surface area contributed by atoms with Gasteiger partial charge in [-0.2, -0.15) is 0 Å². The smallest absolute Gasteiger partial charge is 0.305 e. The molecular formula is C26H41N7O6. The van der Waals surface area contributed by atoms with Gasteiger partial charge in [-0.15, -0.1) is 0 Å². The third-order valence-electron chi connectivity index (χ3n) is 6.44. The number of hydrogen-bond donors (Lipinski definition) is 3. The van der Waals surface area contributed by atoms with Crippen LogP contribution in [0.25, 0.3) is 0 Å². The summed E-state index contributed by atoms with van der Waals surface area (Å²) in [6.07, 6.45) is 5.90. The standard InChI is InChI=1S/C26H41N7O6/c1-6-9-10-11-12-32(5)16-22(34)19(13-23(35)36)29-25(37)21(8-3)33-15-18(7-2)28-24(26(33)38)27-14-20-17(4)30-39-31-20/h15,19,21H,6-14,16H2,1-5H3,(H,27,28)(H,29,37)(H,35,36). The molecule has 0 aliphatic rings. The molecule has 0 aliphatic carbocycles. The van der Waals surface area contributed by atoms with Gasteiger partial charge in [0.05, 0.1) is 31.2 Å². The third kappa shape index (κ3) is 9.57. The van der Waals surface area contributed by atoms with Crippen molar-refractivity contribution in [3.8, 4) is 0 Å². The number of carboxylic acid groups (broad SMARTS) is 1. The Hall–Kier alpha value is -3.61. The Balaban J connectivity index is 2.21. The Bertz CT molecular complexity index is 1160. The number of ketones is 1. The average molecular weight is 548 g/mol. The van der Waals surface area contributed by atoms with Gasteiger partial charge in [-0.05, 0) is 39.8 Å². The van der Waals surface area contributed by atoms with Crippen LogP contribution >= 0.6 is 0 Å². The molecule has 0 radical (unpaired) electrons. The van der Waals surface area contributed by atoms with E-state index in [9.17, 15) is 24.3 Å². The summed E-state index contributed by atoms with van der Waals surface area (Å²) in [6.45, 7) is 8.30. The molecule has 2 rings (SSSR count). The Labute approximate surface area is 228 Å². The van der Waals surface area contributed by atoms with Gasteiger partial charge in [-0.25, -0.2) is 9.61 Å². The second kappa shape index (κ2) is 15.7. The van der Waals surface area contributed by atoms with Gasteiger partial charge in [0.15, 0.2) is 11.6 Å². The highest BCUT2D eigenvalue weighted by molar-refractivity contribution is 5.93. The van der Waals surface area contributed by atoms with Crippen molar-refractivity contribution in [2.45, 2.75) is 91.3 Å². The van der Waals surface area contributed by atoms with E-state index in [2.05, 4.69) is 37.5 Å². The van der Waals surface area contributed by atoms with E-state index in [4.69, 9.17) is 0 Å². The van der Waals surface area contributed by atoms with Gasteiger partial charge in [0.25, 0.3) is 5.56 Å². The maximum Gasteiger partial charge on any atom is 0.305 e. The second-order valence-electron chi connectivity index (χ2n) is 9.64. The van der Waals surface area contributed by atoms with Gasteiger partial charge in [0.1, 0.15) is 17.4 Å². The number of carbonyl (C=O) groups excluding carboxylic acids is 2. The van der Waals surface area contributed by atoms with Crippen molar-refractivity contribution in [1.82, 2.24) is 30.1 Å². The van der Waals surface area contributed by atoms with Crippen molar-refractivity contribution in [1.29, 1.82) is 0 Å². The number of aliphatic carboxylic acids is 1. The number of nitrogens with zero attached hydrogens (tertiary/aromatic N) is 5. The van der Waals surface area contributed by atoms with Crippen LogP contribution in [-0.4, -0.2) is 73.7 Å². The molecular weight excluding hydrogens is 506 g/mol. The lowest BCUT2D eigenvalue weighted by atomic mass is 10.1. The summed E-state index contributed by atoms with van der Waals surface area (Å²) in [6, 6.07) is -2.19. The van der Waals surface area contributed by atoms with Gasteiger partial charge in [-0.1, -0.05) is 50.3 Å². The monoisotopic (exact) mass is 547 g/mol. The number of hydrogen-bond acceptors (Lipinski definition) is 10. The summed E-state index contributed by atoms with van der Waals surface area (Å²) in [7, 11) is 1.80. The number of nitrogens with one attached hydrogen (secondary N) is 2. The number of rotatable bonds is 18. The van der Waals surface area contributed by atoms with Crippen LogP contribution in [0.3, 0.4) is 0 Å². The topological polar surface area (TPSA) is 173 Å². The zero-order valence-electron chi connectivity index (χ0n) is 23.5. The maximum atomic E-state index is 13.4. The maximum absolute atomic E-state index is 13.4. The molecule has 0 fully saturated rings. The molecule has 0 spiro atoms. The number of likely N-dealkylation sites (N-methyl/N-ethyl adjacent to an activating group) is 1. The summed E-state index contributed by atoms with van der Waals surface area (Å²) in [5.41, 5.74) is 1.12. The minimum absolute atomic E-state index is 0.0146. The van der Waals surface area contributed by atoms with E-state index in [1.165, 1.54) is 10.8 Å². The van der Waals surface area contributed by atoms with E-state index in [-0.39, 0.29) is 25.3 Å². The van der Waals surface area contributed by atoms with Crippen molar-refractivity contribution in [2.75, 3.05) is 25.5 Å². The van der Waals surface area contributed by atoms with Crippen LogP contribution in [0.1, 0.15) is 82.4 Å². The number of carboxylic acids is 1. The summed E-state index contributed by atoms with van der Waals surface area (Å²) in [5.74, 6) is -2.17. The molecule has 2 atom stereocenters. The summed E-state index contributed by atoms with van der Waals surface area (Å²) in [5, 5.41) is 22.4. The van der Waals surface area contributed by atoms with Crippen molar-refractivity contribution >= 4 is 23.5 Å². The number of carbonyl (C=O) groups is 3. The fourth-order valence-corrected chi connectivity index (χ4v) is 4.12. The zero-order valence-corrected chi connectivity index (χ0v) is 23.5. The first-order valence-corrected chi connectivity index (χ1v) is 13.5. The van der Waals surface area contributed by atoms with E-state index in [0.717, 1.165) is 25.7 Å². The van der Waals surface area contributed by atoms with E-state index < -0.39 is 41.7 Å². The Morgan fingerprint density at radius 3 is 2.49 bits per heavy atom. The van der Waals surface area contributed by atoms with Gasteiger partial charge < -0.3 is 15.7 Å². The van der Waals surface area contributed by atoms with Crippen LogP contribution in [0.15, 0.2) is 15.6 Å². The zero-order chi connectivity index (χ0) is 28.9. The third-order valence-corrected chi connectivity index (χ3v) is 6.44. The predicted molar refractivity (Wildman–Crippen MR) is 144 cm³/mol. The Morgan fingerprint density at radius 1 is 1.15 bits per heavy atom. The van der Waals surface area contributed by atoms with Gasteiger partial charge in [0, 0.05) is 6.20 Å². The molecule has 13 nitrogen and oxygen atoms in total. The van der Waals surface area contributed by atoms with E-state index >= 15 is 0 Å². The lowest BCUT2D eigenvalue weighted by Crippen LogP contribution is -2.49. The summed E-state index contributed by atoms with van der Waals surface area (Å²) < 4.78 is 5.96. The van der Waals surface area contributed by atoms with Crippen molar-refractivity contribution < 1.29 is 24.1 Å². The number of anilines is 1. The Morgan fingerprint density at radius 2 is 1.90 bits per heavy atom. The van der Waals surface area contributed by atoms with Crippen LogP contribution in [0.4, 0.5) is 5.82 Å². The predicted octanol–water partition coefficient (Wildman–Crippen LogP) is 2.10.